The minimum atomic E-state index is -0.659. The zero-order valence-corrected chi connectivity index (χ0v) is 8.74. The smallest absolute Gasteiger partial charge is 0.338 e. The highest BCUT2D eigenvalue weighted by Gasteiger charge is 2.11. The van der Waals surface area contributed by atoms with Gasteiger partial charge < -0.3 is 10.5 Å². The van der Waals surface area contributed by atoms with Crippen LogP contribution in [0.15, 0.2) is 18.2 Å². The van der Waals surface area contributed by atoms with Gasteiger partial charge in [0.15, 0.2) is 6.61 Å². The lowest BCUT2D eigenvalue weighted by Crippen LogP contribution is -2.21. The molecule has 0 fully saturated rings. The van der Waals surface area contributed by atoms with Gasteiger partial charge in [0.05, 0.1) is 5.56 Å². The monoisotopic (exact) mass is 207 g/mol. The van der Waals surface area contributed by atoms with Crippen LogP contribution in [0.4, 0.5) is 0 Å². The van der Waals surface area contributed by atoms with Crippen molar-refractivity contribution < 1.29 is 14.3 Å². The number of ether oxygens (including phenoxy) is 1. The molecule has 0 heterocycles. The summed E-state index contributed by atoms with van der Waals surface area (Å²) in [5, 5.41) is 0. The van der Waals surface area contributed by atoms with Crippen LogP contribution in [0.3, 0.4) is 0 Å². The maximum absolute atomic E-state index is 11.5. The van der Waals surface area contributed by atoms with E-state index < -0.39 is 11.9 Å². The molecule has 0 aliphatic heterocycles. The molecule has 15 heavy (non-hydrogen) atoms. The zero-order chi connectivity index (χ0) is 11.4. The lowest BCUT2D eigenvalue weighted by molar-refractivity contribution is -0.121. The predicted octanol–water partition coefficient (Wildman–Crippen LogP) is 0.946. The van der Waals surface area contributed by atoms with E-state index in [1.807, 2.05) is 19.9 Å². The van der Waals surface area contributed by atoms with Crippen LogP contribution in [0.2, 0.25) is 0 Å². The SMILES string of the molecule is Cc1cccc(C(=O)OCC(N)=O)c1C. The first-order chi connectivity index (χ1) is 7.02. The third kappa shape index (κ3) is 2.80. The lowest BCUT2D eigenvalue weighted by Gasteiger charge is -2.07. The minimum absolute atomic E-state index is 0.383. The molecule has 0 radical (unpaired) electrons. The summed E-state index contributed by atoms with van der Waals surface area (Å²) < 4.78 is 4.71. The number of hydrogen-bond donors (Lipinski definition) is 1. The average Bonchev–Trinajstić information content (AvgIpc) is 2.18. The van der Waals surface area contributed by atoms with Crippen LogP contribution >= 0.6 is 0 Å². The predicted molar refractivity (Wildman–Crippen MR) is 55.4 cm³/mol. The molecule has 0 spiro atoms. The Morgan fingerprint density at radius 2 is 2.00 bits per heavy atom. The molecule has 0 saturated heterocycles. The van der Waals surface area contributed by atoms with E-state index in [1.54, 1.807) is 12.1 Å². The Hall–Kier alpha value is -1.84. The van der Waals surface area contributed by atoms with Crippen LogP contribution in [0, 0.1) is 13.8 Å². The molecule has 80 valence electrons. The topological polar surface area (TPSA) is 69.4 Å². The maximum Gasteiger partial charge on any atom is 0.338 e. The first-order valence-corrected chi connectivity index (χ1v) is 4.54. The first-order valence-electron chi connectivity index (χ1n) is 4.54. The van der Waals surface area contributed by atoms with E-state index in [2.05, 4.69) is 0 Å². The van der Waals surface area contributed by atoms with Gasteiger partial charge in [-0.3, -0.25) is 4.79 Å². The number of carbonyl (C=O) groups excluding carboxylic acids is 2. The van der Waals surface area contributed by atoms with Gasteiger partial charge in [-0.25, -0.2) is 4.79 Å². The number of hydrogen-bond acceptors (Lipinski definition) is 3. The van der Waals surface area contributed by atoms with Crippen LogP contribution in [0.25, 0.3) is 0 Å². The minimum Gasteiger partial charge on any atom is -0.452 e. The molecular formula is C11H13NO3. The molecule has 0 aromatic heterocycles. The summed E-state index contributed by atoms with van der Waals surface area (Å²) in [7, 11) is 0. The summed E-state index contributed by atoms with van der Waals surface area (Å²) in [4.78, 5) is 21.9. The van der Waals surface area contributed by atoms with Crippen molar-refractivity contribution in [1.82, 2.24) is 0 Å². The second-order valence-electron chi connectivity index (χ2n) is 3.29. The molecule has 1 rings (SSSR count). The van der Waals surface area contributed by atoms with Gasteiger partial charge >= 0.3 is 5.97 Å². The molecule has 0 aliphatic rings. The zero-order valence-electron chi connectivity index (χ0n) is 8.74. The first kappa shape index (κ1) is 11.2. The summed E-state index contributed by atoms with van der Waals surface area (Å²) >= 11 is 0. The van der Waals surface area contributed by atoms with Crippen molar-refractivity contribution in [3.05, 3.63) is 34.9 Å². The number of benzene rings is 1. The average molecular weight is 207 g/mol. The van der Waals surface area contributed by atoms with Crippen molar-refractivity contribution >= 4 is 11.9 Å². The largest absolute Gasteiger partial charge is 0.452 e. The summed E-state index contributed by atoms with van der Waals surface area (Å²) in [6, 6.07) is 5.33. The van der Waals surface area contributed by atoms with Gasteiger partial charge in [0, 0.05) is 0 Å². The van der Waals surface area contributed by atoms with E-state index in [0.29, 0.717) is 5.56 Å². The maximum atomic E-state index is 11.5. The Balaban J connectivity index is 2.82. The van der Waals surface area contributed by atoms with Crippen molar-refractivity contribution in [2.75, 3.05) is 6.61 Å². The third-order valence-electron chi connectivity index (χ3n) is 2.17. The number of rotatable bonds is 3. The molecule has 0 saturated carbocycles. The van der Waals surface area contributed by atoms with Crippen LogP contribution < -0.4 is 5.73 Å². The van der Waals surface area contributed by atoms with Gasteiger partial charge in [0.2, 0.25) is 0 Å². The highest BCUT2D eigenvalue weighted by Crippen LogP contribution is 2.13. The van der Waals surface area contributed by atoms with Gasteiger partial charge in [-0.1, -0.05) is 12.1 Å². The van der Waals surface area contributed by atoms with Crippen LogP contribution in [0.1, 0.15) is 21.5 Å². The van der Waals surface area contributed by atoms with E-state index in [9.17, 15) is 9.59 Å². The number of aryl methyl sites for hydroxylation is 1. The molecule has 2 N–H and O–H groups in total. The van der Waals surface area contributed by atoms with E-state index in [1.165, 1.54) is 0 Å². The van der Waals surface area contributed by atoms with Crippen molar-refractivity contribution in [2.45, 2.75) is 13.8 Å². The van der Waals surface area contributed by atoms with Crippen molar-refractivity contribution in [2.24, 2.45) is 5.73 Å². The Labute approximate surface area is 88.0 Å². The Kier molecular flexibility index (Phi) is 3.44. The van der Waals surface area contributed by atoms with Gasteiger partial charge in [-0.15, -0.1) is 0 Å². The highest BCUT2D eigenvalue weighted by atomic mass is 16.5. The van der Waals surface area contributed by atoms with E-state index in [-0.39, 0.29) is 6.61 Å². The number of amides is 1. The quantitative estimate of drug-likeness (QED) is 0.750. The fourth-order valence-corrected chi connectivity index (χ4v) is 1.19. The van der Waals surface area contributed by atoms with Crippen LogP contribution in [0.5, 0.6) is 0 Å². The molecule has 1 aromatic rings. The highest BCUT2D eigenvalue weighted by molar-refractivity contribution is 5.92. The van der Waals surface area contributed by atoms with E-state index in [4.69, 9.17) is 10.5 Å². The lowest BCUT2D eigenvalue weighted by atomic mass is 10.0. The van der Waals surface area contributed by atoms with Gasteiger partial charge in [0.1, 0.15) is 0 Å². The summed E-state index contributed by atoms with van der Waals surface area (Å²) in [6.07, 6.45) is 0. The fourth-order valence-electron chi connectivity index (χ4n) is 1.19. The van der Waals surface area contributed by atoms with E-state index in [0.717, 1.165) is 11.1 Å². The number of nitrogens with two attached hydrogens (primary N) is 1. The van der Waals surface area contributed by atoms with Crippen molar-refractivity contribution in [3.63, 3.8) is 0 Å². The third-order valence-corrected chi connectivity index (χ3v) is 2.17. The molecule has 1 amide bonds. The molecule has 4 heteroatoms. The Morgan fingerprint density at radius 1 is 1.33 bits per heavy atom. The fraction of sp³-hybridized carbons (Fsp3) is 0.273. The Morgan fingerprint density at radius 3 is 2.60 bits per heavy atom. The molecule has 0 unspecified atom stereocenters. The molecule has 0 atom stereocenters. The molecular weight excluding hydrogens is 194 g/mol. The van der Waals surface area contributed by atoms with Gasteiger partial charge in [-0.2, -0.15) is 0 Å². The molecule has 4 nitrogen and oxygen atoms in total. The van der Waals surface area contributed by atoms with Crippen molar-refractivity contribution in [3.8, 4) is 0 Å². The van der Waals surface area contributed by atoms with Crippen LogP contribution in [-0.2, 0) is 9.53 Å². The molecule has 0 aliphatic carbocycles. The number of primary amides is 1. The number of esters is 1. The summed E-state index contributed by atoms with van der Waals surface area (Å²) in [5.41, 5.74) is 7.20. The van der Waals surface area contributed by atoms with Gasteiger partial charge in [-0.05, 0) is 31.0 Å². The Bertz CT molecular complexity index is 399. The summed E-state index contributed by atoms with van der Waals surface area (Å²) in [5.74, 6) is -1.18. The standard InChI is InChI=1S/C11H13NO3/c1-7-4-3-5-9(8(7)2)11(14)15-6-10(12)13/h3-5H,6H2,1-2H3,(H2,12,13). The normalized spacial score (nSPS) is 9.73. The summed E-state index contributed by atoms with van der Waals surface area (Å²) in [6.45, 7) is 3.35. The number of carbonyl (C=O) groups is 2. The second-order valence-corrected chi connectivity index (χ2v) is 3.29. The van der Waals surface area contributed by atoms with Crippen molar-refractivity contribution in [1.29, 1.82) is 0 Å². The van der Waals surface area contributed by atoms with E-state index >= 15 is 0 Å². The molecule has 1 aromatic carbocycles. The second kappa shape index (κ2) is 4.59. The van der Waals surface area contributed by atoms with Crippen LogP contribution in [-0.4, -0.2) is 18.5 Å². The molecule has 0 bridgehead atoms. The van der Waals surface area contributed by atoms with Gasteiger partial charge in [0.25, 0.3) is 5.91 Å².